The number of nitrogens with zero attached hydrogens (tertiary/aromatic N) is 1. The summed E-state index contributed by atoms with van der Waals surface area (Å²) in [4.78, 5) is 14.2. The molecule has 0 spiro atoms. The van der Waals surface area contributed by atoms with Crippen LogP contribution < -0.4 is 0 Å². The highest BCUT2D eigenvalue weighted by Gasteiger charge is 2.61. The lowest BCUT2D eigenvalue weighted by atomic mass is 9.46. The van der Waals surface area contributed by atoms with Crippen molar-refractivity contribution in [1.29, 1.82) is 0 Å². The molecule has 0 amide bonds. The zero-order valence-corrected chi connectivity index (χ0v) is 26.7. The molecule has 0 N–H and O–H groups in total. The summed E-state index contributed by atoms with van der Waals surface area (Å²) >= 11 is 0. The number of ketones is 1. The van der Waals surface area contributed by atoms with Gasteiger partial charge in [-0.25, -0.2) is 0 Å². The van der Waals surface area contributed by atoms with Crippen molar-refractivity contribution >= 4 is 22.8 Å². The van der Waals surface area contributed by atoms with Gasteiger partial charge < -0.3 is 4.57 Å². The van der Waals surface area contributed by atoms with Gasteiger partial charge in [-0.1, -0.05) is 102 Å². The van der Waals surface area contributed by atoms with E-state index in [2.05, 4.69) is 99.9 Å². The van der Waals surface area contributed by atoms with Crippen LogP contribution in [0.25, 0.3) is 17.0 Å². The number of carbonyl (C=O) groups excluding carboxylic acids is 1. The van der Waals surface area contributed by atoms with Crippen LogP contribution in [0.2, 0.25) is 0 Å². The quantitative estimate of drug-likeness (QED) is 0.281. The Bertz CT molecular complexity index is 1510. The highest BCUT2D eigenvalue weighted by Crippen LogP contribution is 2.67. The first-order chi connectivity index (χ1) is 20.2. The van der Waals surface area contributed by atoms with Gasteiger partial charge in [0.05, 0.1) is 0 Å². The molecule has 7 atom stereocenters. The average Bonchev–Trinajstić information content (AvgIpc) is 3.47. The van der Waals surface area contributed by atoms with Crippen LogP contribution in [-0.4, -0.2) is 10.4 Å². The number of carbonyl (C=O) groups is 1. The lowest BCUT2D eigenvalue weighted by Crippen LogP contribution is -2.53. The predicted molar refractivity (Wildman–Crippen MR) is 175 cm³/mol. The lowest BCUT2D eigenvalue weighted by Gasteiger charge is -2.58. The number of hydrogen-bond acceptors (Lipinski definition) is 1. The molecular formula is C40H51NO. The van der Waals surface area contributed by atoms with Crippen LogP contribution >= 0.6 is 0 Å². The number of Topliss-reactive ketones (excluding diaryl/α,β-unsaturated/α-hetero) is 1. The second-order valence-electron chi connectivity index (χ2n) is 15.6. The van der Waals surface area contributed by atoms with E-state index in [9.17, 15) is 4.79 Å². The van der Waals surface area contributed by atoms with Gasteiger partial charge in [0.15, 0.2) is 5.78 Å². The van der Waals surface area contributed by atoms with Gasteiger partial charge >= 0.3 is 0 Å². The minimum Gasteiger partial charge on any atom is -0.336 e. The fourth-order valence-electron chi connectivity index (χ4n) is 10.9. The first-order valence-electron chi connectivity index (χ1n) is 17.1. The van der Waals surface area contributed by atoms with Gasteiger partial charge in [0.2, 0.25) is 0 Å². The van der Waals surface area contributed by atoms with Crippen molar-refractivity contribution in [1.82, 2.24) is 4.57 Å². The van der Waals surface area contributed by atoms with Crippen LogP contribution in [0.5, 0.6) is 0 Å². The summed E-state index contributed by atoms with van der Waals surface area (Å²) in [6, 6.07) is 19.7. The van der Waals surface area contributed by atoms with Crippen molar-refractivity contribution in [3.63, 3.8) is 0 Å². The predicted octanol–water partition coefficient (Wildman–Crippen LogP) is 10.1. The number of aromatic nitrogens is 1. The molecule has 7 rings (SSSR count). The van der Waals surface area contributed by atoms with E-state index in [1.165, 1.54) is 72.7 Å². The molecule has 2 nitrogen and oxygen atoms in total. The van der Waals surface area contributed by atoms with Crippen molar-refractivity contribution in [2.45, 2.75) is 99.0 Å². The standard InChI is InChI=1S/C40H51NO/c1-26(2)12-11-13-27(3)32-18-19-33-30-22-38(42)35-23-37-31(24-40(35,5)34(30)20-21-39(32,33)4)29-16-9-10-17-36(29)41(37)25-28-14-7-6-8-15-28/h6-10,14-17,23,26-27,30,32-34H,11-13,18-22,24-25H2,1-5H3/t27-,30+,32-,33+,34+,39-,40-/m1/s1. The van der Waals surface area contributed by atoms with E-state index in [0.717, 1.165) is 42.7 Å². The second-order valence-corrected chi connectivity index (χ2v) is 15.6. The van der Waals surface area contributed by atoms with E-state index in [0.29, 0.717) is 29.0 Å². The first-order valence-corrected chi connectivity index (χ1v) is 17.1. The van der Waals surface area contributed by atoms with Gasteiger partial charge in [-0.15, -0.1) is 0 Å². The SMILES string of the molecule is CC(C)CCC[C@@H](C)[C@H]1CC[C@H]2[C@@H]3CC(=O)C4=Cc5c(c6ccccc6n5Cc5ccccc5)C[C@]4(C)[C@H]3CC[C@]12C. The Hall–Kier alpha value is -2.61. The Balaban J connectivity index is 1.21. The maximum Gasteiger partial charge on any atom is 0.159 e. The Morgan fingerprint density at radius 1 is 0.905 bits per heavy atom. The van der Waals surface area contributed by atoms with E-state index in [4.69, 9.17) is 0 Å². The number of benzene rings is 2. The summed E-state index contributed by atoms with van der Waals surface area (Å²) < 4.78 is 2.48. The van der Waals surface area contributed by atoms with E-state index < -0.39 is 0 Å². The minimum atomic E-state index is -0.0585. The molecule has 0 aliphatic heterocycles. The molecule has 42 heavy (non-hydrogen) atoms. The molecule has 0 bridgehead atoms. The maximum atomic E-state index is 14.2. The van der Waals surface area contributed by atoms with Crippen LogP contribution in [0.3, 0.4) is 0 Å². The number of para-hydroxylation sites is 1. The van der Waals surface area contributed by atoms with Crippen molar-refractivity contribution in [3.05, 3.63) is 77.0 Å². The summed E-state index contributed by atoms with van der Waals surface area (Å²) in [7, 11) is 0. The third-order valence-corrected chi connectivity index (χ3v) is 12.9. The number of hydrogen-bond donors (Lipinski definition) is 0. The van der Waals surface area contributed by atoms with Crippen molar-refractivity contribution in [2.75, 3.05) is 0 Å². The maximum absolute atomic E-state index is 14.2. The molecule has 2 heteroatoms. The van der Waals surface area contributed by atoms with Gasteiger partial charge in [-0.2, -0.15) is 0 Å². The molecule has 2 aromatic carbocycles. The normalized spacial score (nSPS) is 32.7. The van der Waals surface area contributed by atoms with Gasteiger partial charge in [0.1, 0.15) is 0 Å². The van der Waals surface area contributed by atoms with E-state index in [1.807, 2.05) is 0 Å². The zero-order chi connectivity index (χ0) is 29.2. The molecule has 1 aromatic heterocycles. The fourth-order valence-corrected chi connectivity index (χ4v) is 10.9. The summed E-state index contributed by atoms with van der Waals surface area (Å²) in [5.74, 6) is 4.73. The third-order valence-electron chi connectivity index (χ3n) is 12.9. The average molecular weight is 562 g/mol. The molecule has 3 fully saturated rings. The molecular weight excluding hydrogens is 510 g/mol. The largest absolute Gasteiger partial charge is 0.336 e. The first kappa shape index (κ1) is 28.2. The summed E-state index contributed by atoms with van der Waals surface area (Å²) in [6.07, 6.45) is 13.6. The van der Waals surface area contributed by atoms with Crippen LogP contribution in [0, 0.1) is 46.3 Å². The Kier molecular flexibility index (Phi) is 7.06. The molecule has 0 unspecified atom stereocenters. The Morgan fingerprint density at radius 2 is 1.67 bits per heavy atom. The number of fused-ring (bicyclic) bond motifs is 8. The molecule has 0 saturated heterocycles. The fraction of sp³-hybridized carbons (Fsp3) is 0.575. The summed E-state index contributed by atoms with van der Waals surface area (Å²) in [5, 5.41) is 1.38. The van der Waals surface area contributed by atoms with Gasteiger partial charge in [-0.3, -0.25) is 4.79 Å². The van der Waals surface area contributed by atoms with Crippen LogP contribution in [0.15, 0.2) is 60.2 Å². The number of rotatable bonds is 7. The highest BCUT2D eigenvalue weighted by molar-refractivity contribution is 6.04. The second kappa shape index (κ2) is 10.5. The van der Waals surface area contributed by atoms with Crippen LogP contribution in [0.4, 0.5) is 0 Å². The highest BCUT2D eigenvalue weighted by atomic mass is 16.1. The monoisotopic (exact) mass is 561 g/mol. The minimum absolute atomic E-state index is 0.0585. The Labute approximate surface area is 254 Å². The third kappa shape index (κ3) is 4.37. The number of allylic oxidation sites excluding steroid dienone is 1. The van der Waals surface area contributed by atoms with Gasteiger partial charge in [0, 0.05) is 40.6 Å². The summed E-state index contributed by atoms with van der Waals surface area (Å²) in [5.41, 5.74) is 6.83. The zero-order valence-electron chi connectivity index (χ0n) is 26.7. The molecule has 1 heterocycles. The van der Waals surface area contributed by atoms with E-state index in [-0.39, 0.29) is 5.41 Å². The smallest absolute Gasteiger partial charge is 0.159 e. The van der Waals surface area contributed by atoms with Gasteiger partial charge in [-0.05, 0) is 96.3 Å². The van der Waals surface area contributed by atoms with Crippen LogP contribution in [0.1, 0.15) is 103 Å². The molecule has 0 radical (unpaired) electrons. The Morgan fingerprint density at radius 3 is 2.45 bits per heavy atom. The summed E-state index contributed by atoms with van der Waals surface area (Å²) in [6.45, 7) is 13.2. The van der Waals surface area contributed by atoms with Crippen LogP contribution in [-0.2, 0) is 17.8 Å². The van der Waals surface area contributed by atoms with Crippen molar-refractivity contribution in [3.8, 4) is 0 Å². The molecule has 3 aromatic rings. The van der Waals surface area contributed by atoms with E-state index >= 15 is 0 Å². The van der Waals surface area contributed by atoms with Crippen molar-refractivity contribution < 1.29 is 4.79 Å². The molecule has 4 aliphatic carbocycles. The molecule has 3 saturated carbocycles. The lowest BCUT2D eigenvalue weighted by molar-refractivity contribution is -0.128. The molecule has 222 valence electrons. The topological polar surface area (TPSA) is 22.0 Å². The molecule has 4 aliphatic rings. The van der Waals surface area contributed by atoms with Gasteiger partial charge in [0.25, 0.3) is 0 Å². The van der Waals surface area contributed by atoms with E-state index in [1.54, 1.807) is 0 Å². The van der Waals surface area contributed by atoms with Crippen molar-refractivity contribution in [2.24, 2.45) is 46.3 Å².